The molecule has 6 heteroatoms. The molecule has 4 heterocycles. The summed E-state index contributed by atoms with van der Waals surface area (Å²) in [6.07, 6.45) is 6.38. The number of hydrogen-bond donors (Lipinski definition) is 1. The number of aliphatic hydroxyl groups excluding tert-OH is 1. The van der Waals surface area contributed by atoms with Crippen LogP contribution >= 0.6 is 0 Å². The summed E-state index contributed by atoms with van der Waals surface area (Å²) in [6.45, 7) is 6.05. The van der Waals surface area contributed by atoms with E-state index in [1.165, 1.54) is 5.56 Å². The molecule has 25 heavy (non-hydrogen) atoms. The number of hydrogen-bond acceptors (Lipinski definition) is 5. The van der Waals surface area contributed by atoms with Gasteiger partial charge in [0.15, 0.2) is 0 Å². The highest BCUT2D eigenvalue weighted by Crippen LogP contribution is 2.25. The van der Waals surface area contributed by atoms with Crippen molar-refractivity contribution >= 4 is 5.91 Å². The molecule has 136 valence electrons. The fraction of sp³-hybridized carbons (Fsp3) is 0.684. The monoisotopic (exact) mass is 344 g/mol. The first-order valence-corrected chi connectivity index (χ1v) is 9.51. The third kappa shape index (κ3) is 3.86. The van der Waals surface area contributed by atoms with Crippen LogP contribution in [0.1, 0.15) is 24.8 Å². The van der Waals surface area contributed by atoms with E-state index in [9.17, 15) is 9.90 Å². The molecule has 4 rings (SSSR count). The zero-order valence-electron chi connectivity index (χ0n) is 14.8. The van der Waals surface area contributed by atoms with Gasteiger partial charge in [0.05, 0.1) is 12.0 Å². The zero-order chi connectivity index (χ0) is 17.2. The molecule has 3 aliphatic rings. The van der Waals surface area contributed by atoms with E-state index in [-0.39, 0.29) is 12.0 Å². The van der Waals surface area contributed by atoms with Gasteiger partial charge in [-0.15, -0.1) is 0 Å². The van der Waals surface area contributed by atoms with Gasteiger partial charge in [-0.2, -0.15) is 0 Å². The number of nitrogens with zero attached hydrogens (tertiary/aromatic N) is 4. The fourth-order valence-corrected chi connectivity index (χ4v) is 4.63. The van der Waals surface area contributed by atoms with Crippen molar-refractivity contribution in [3.63, 3.8) is 0 Å². The second kappa shape index (κ2) is 7.40. The lowest BCUT2D eigenvalue weighted by molar-refractivity contribution is -0.140. The molecule has 3 saturated heterocycles. The van der Waals surface area contributed by atoms with Gasteiger partial charge in [0, 0.05) is 57.7 Å². The fourth-order valence-electron chi connectivity index (χ4n) is 4.63. The van der Waals surface area contributed by atoms with Crippen LogP contribution in [-0.4, -0.2) is 82.1 Å². The minimum Gasteiger partial charge on any atom is -0.392 e. The number of pyridine rings is 1. The van der Waals surface area contributed by atoms with Crippen molar-refractivity contribution in [3.05, 3.63) is 30.1 Å². The number of amides is 1. The van der Waals surface area contributed by atoms with Crippen LogP contribution in [-0.2, 0) is 11.3 Å². The lowest BCUT2D eigenvalue weighted by atomic mass is 9.95. The Labute approximate surface area is 149 Å². The molecule has 0 radical (unpaired) electrons. The van der Waals surface area contributed by atoms with Gasteiger partial charge in [0.1, 0.15) is 0 Å². The van der Waals surface area contributed by atoms with Gasteiger partial charge in [-0.3, -0.25) is 19.6 Å². The molecule has 0 bridgehead atoms. The maximum absolute atomic E-state index is 13.0. The van der Waals surface area contributed by atoms with Crippen molar-refractivity contribution in [3.8, 4) is 0 Å². The topological polar surface area (TPSA) is 59.9 Å². The Morgan fingerprint density at radius 3 is 3.00 bits per heavy atom. The minimum atomic E-state index is -0.218. The van der Waals surface area contributed by atoms with Crippen LogP contribution < -0.4 is 0 Å². The largest absolute Gasteiger partial charge is 0.392 e. The number of carbonyl (C=O) groups is 1. The number of aromatic nitrogens is 1. The predicted molar refractivity (Wildman–Crippen MR) is 94.8 cm³/mol. The highest BCUT2D eigenvalue weighted by molar-refractivity contribution is 5.79. The highest BCUT2D eigenvalue weighted by Gasteiger charge is 2.38. The molecule has 1 N–H and O–H groups in total. The van der Waals surface area contributed by atoms with Gasteiger partial charge in [-0.25, -0.2) is 0 Å². The summed E-state index contributed by atoms with van der Waals surface area (Å²) in [7, 11) is 0. The zero-order valence-corrected chi connectivity index (χ0v) is 14.8. The summed E-state index contributed by atoms with van der Waals surface area (Å²) in [5.74, 6) is 0.431. The molecule has 1 aromatic heterocycles. The van der Waals surface area contributed by atoms with Crippen LogP contribution in [0, 0.1) is 5.92 Å². The molecule has 0 aromatic carbocycles. The Hall–Kier alpha value is -1.50. The summed E-state index contributed by atoms with van der Waals surface area (Å²) in [4.78, 5) is 24.0. The lowest BCUT2D eigenvalue weighted by Gasteiger charge is -2.40. The number of carbonyl (C=O) groups excluding carboxylic acids is 1. The lowest BCUT2D eigenvalue weighted by Crippen LogP contribution is -2.54. The molecule has 1 unspecified atom stereocenters. The number of piperidine rings is 1. The summed E-state index contributed by atoms with van der Waals surface area (Å²) in [5.41, 5.74) is 1.21. The second-order valence-electron chi connectivity index (χ2n) is 7.76. The molecular formula is C19H28N4O2. The molecule has 3 aliphatic heterocycles. The van der Waals surface area contributed by atoms with E-state index in [0.29, 0.717) is 11.9 Å². The SMILES string of the molecule is O=C(C1CCCN(Cc2cccnc2)C1)N1CCN2C[C@H](O)C[C@H]2C1. The third-order valence-corrected chi connectivity index (χ3v) is 5.89. The summed E-state index contributed by atoms with van der Waals surface area (Å²) >= 11 is 0. The van der Waals surface area contributed by atoms with Crippen LogP contribution in [0.25, 0.3) is 0 Å². The normalized spacial score (nSPS) is 31.1. The number of piperazine rings is 1. The quantitative estimate of drug-likeness (QED) is 0.869. The average Bonchev–Trinajstić information content (AvgIpc) is 3.01. The van der Waals surface area contributed by atoms with Crippen molar-refractivity contribution in [1.29, 1.82) is 0 Å². The van der Waals surface area contributed by atoms with E-state index in [1.807, 2.05) is 12.3 Å². The maximum Gasteiger partial charge on any atom is 0.227 e. The molecule has 0 saturated carbocycles. The van der Waals surface area contributed by atoms with Crippen LogP contribution in [0.4, 0.5) is 0 Å². The minimum absolute atomic E-state index is 0.114. The van der Waals surface area contributed by atoms with E-state index in [1.54, 1.807) is 6.20 Å². The number of aliphatic hydroxyl groups is 1. The van der Waals surface area contributed by atoms with Crippen LogP contribution in [0.5, 0.6) is 0 Å². The molecule has 3 fully saturated rings. The van der Waals surface area contributed by atoms with E-state index < -0.39 is 0 Å². The molecule has 1 aromatic rings. The van der Waals surface area contributed by atoms with E-state index >= 15 is 0 Å². The summed E-state index contributed by atoms with van der Waals surface area (Å²) in [6, 6.07) is 4.42. The number of rotatable bonds is 3. The first kappa shape index (κ1) is 16.9. The highest BCUT2D eigenvalue weighted by atomic mass is 16.3. The van der Waals surface area contributed by atoms with Crippen molar-refractivity contribution in [2.75, 3.05) is 39.3 Å². The predicted octanol–water partition coefficient (Wildman–Crippen LogP) is 0.571. The van der Waals surface area contributed by atoms with Crippen molar-refractivity contribution < 1.29 is 9.90 Å². The Balaban J connectivity index is 1.34. The van der Waals surface area contributed by atoms with Crippen molar-refractivity contribution in [2.24, 2.45) is 5.92 Å². The molecule has 6 nitrogen and oxygen atoms in total. The van der Waals surface area contributed by atoms with Gasteiger partial charge in [0.2, 0.25) is 5.91 Å². The van der Waals surface area contributed by atoms with E-state index in [2.05, 4.69) is 25.8 Å². The van der Waals surface area contributed by atoms with Gasteiger partial charge in [-0.05, 0) is 37.4 Å². The Bertz CT molecular complexity index is 596. The molecule has 3 atom stereocenters. The first-order chi connectivity index (χ1) is 12.2. The van der Waals surface area contributed by atoms with Crippen LogP contribution in [0.15, 0.2) is 24.5 Å². The molecule has 1 amide bonds. The molecule has 0 spiro atoms. The van der Waals surface area contributed by atoms with Gasteiger partial charge in [-0.1, -0.05) is 6.07 Å². The van der Waals surface area contributed by atoms with E-state index in [0.717, 1.165) is 65.1 Å². The second-order valence-corrected chi connectivity index (χ2v) is 7.76. The van der Waals surface area contributed by atoms with Gasteiger partial charge in [0.25, 0.3) is 0 Å². The molecular weight excluding hydrogens is 316 g/mol. The maximum atomic E-state index is 13.0. The van der Waals surface area contributed by atoms with Gasteiger partial charge < -0.3 is 10.0 Å². The first-order valence-electron chi connectivity index (χ1n) is 9.51. The number of fused-ring (bicyclic) bond motifs is 1. The van der Waals surface area contributed by atoms with Crippen LogP contribution in [0.2, 0.25) is 0 Å². The average molecular weight is 344 g/mol. The Morgan fingerprint density at radius 1 is 1.24 bits per heavy atom. The van der Waals surface area contributed by atoms with Crippen LogP contribution in [0.3, 0.4) is 0 Å². The van der Waals surface area contributed by atoms with E-state index in [4.69, 9.17) is 0 Å². The summed E-state index contributed by atoms with van der Waals surface area (Å²) < 4.78 is 0. The Kier molecular flexibility index (Phi) is 5.01. The standard InChI is InChI=1S/C19H28N4O2/c24-18-9-17-13-23(8-7-22(17)14-18)19(25)16-4-2-6-21(12-16)11-15-3-1-5-20-10-15/h1,3,5,10,16-18,24H,2,4,6-9,11-14H2/t16?,17-,18+/m0/s1. The smallest absolute Gasteiger partial charge is 0.227 e. The van der Waals surface area contributed by atoms with Gasteiger partial charge >= 0.3 is 0 Å². The van der Waals surface area contributed by atoms with Crippen molar-refractivity contribution in [2.45, 2.75) is 38.0 Å². The third-order valence-electron chi connectivity index (χ3n) is 5.89. The Morgan fingerprint density at radius 2 is 2.16 bits per heavy atom. The summed E-state index contributed by atoms with van der Waals surface area (Å²) in [5, 5.41) is 9.85. The number of likely N-dealkylation sites (tertiary alicyclic amines) is 1. The van der Waals surface area contributed by atoms with Crippen molar-refractivity contribution in [1.82, 2.24) is 19.7 Å². The molecule has 0 aliphatic carbocycles.